The van der Waals surface area contributed by atoms with Gasteiger partial charge in [0.2, 0.25) is 0 Å². The third-order valence-corrected chi connectivity index (χ3v) is 6.53. The number of rotatable bonds is 5. The van der Waals surface area contributed by atoms with Gasteiger partial charge in [-0.05, 0) is 5.57 Å². The fourth-order valence-corrected chi connectivity index (χ4v) is 5.19. The average molecular weight is 399 g/mol. The number of nitrogens with one attached hydrogen (secondary N) is 2. The minimum absolute atomic E-state index is 0.116. The number of hydrogen-bond acceptors (Lipinski definition) is 9. The maximum atomic E-state index is 12.4. The highest BCUT2D eigenvalue weighted by molar-refractivity contribution is 8.00. The molecule has 0 spiro atoms. The largest absolute Gasteiger partial charge is 0.477 e. The van der Waals surface area contributed by atoms with Gasteiger partial charge in [0.15, 0.2) is 5.71 Å². The minimum Gasteiger partial charge on any atom is -0.477 e. The summed E-state index contributed by atoms with van der Waals surface area (Å²) in [5.41, 5.74) is 5.48. The zero-order valence-corrected chi connectivity index (χ0v) is 15.0. The number of oxime groups is 1. The van der Waals surface area contributed by atoms with E-state index in [0.29, 0.717) is 17.1 Å². The number of hydrogen-bond donors (Lipinski definition) is 5. The molecule has 26 heavy (non-hydrogen) atoms. The van der Waals surface area contributed by atoms with E-state index >= 15 is 0 Å². The van der Waals surface area contributed by atoms with Gasteiger partial charge in [-0.25, -0.2) is 4.79 Å². The predicted octanol–water partition coefficient (Wildman–Crippen LogP) is -1.31. The molecule has 2 unspecified atom stereocenters. The zero-order valence-electron chi connectivity index (χ0n) is 13.4. The van der Waals surface area contributed by atoms with Crippen LogP contribution in [-0.2, 0) is 14.4 Å². The number of fused-ring (bicyclic) bond motifs is 1. The number of aliphatic carboxylic acids is 1. The maximum Gasteiger partial charge on any atom is 0.352 e. The van der Waals surface area contributed by atoms with Crippen LogP contribution in [0.2, 0.25) is 0 Å². The molecule has 3 heterocycles. The van der Waals surface area contributed by atoms with Crippen molar-refractivity contribution < 1.29 is 24.7 Å². The smallest absolute Gasteiger partial charge is 0.352 e. The number of nitrogens with two attached hydrogens (primary N) is 1. The molecule has 0 aromatic carbocycles. The van der Waals surface area contributed by atoms with Crippen LogP contribution >= 0.6 is 23.5 Å². The van der Waals surface area contributed by atoms with E-state index in [0.717, 1.165) is 4.90 Å². The molecule has 2 amide bonds. The van der Waals surface area contributed by atoms with E-state index in [1.807, 2.05) is 0 Å². The van der Waals surface area contributed by atoms with Crippen molar-refractivity contribution in [2.45, 2.75) is 23.0 Å². The summed E-state index contributed by atoms with van der Waals surface area (Å²) in [6.45, 7) is 3.57. The predicted molar refractivity (Wildman–Crippen MR) is 96.5 cm³/mol. The molecule has 10 nitrogen and oxygen atoms in total. The Morgan fingerprint density at radius 3 is 2.73 bits per heavy atom. The van der Waals surface area contributed by atoms with Gasteiger partial charge in [-0.15, -0.1) is 23.5 Å². The molecule has 2 saturated heterocycles. The molecule has 6 N–H and O–H groups in total. The van der Waals surface area contributed by atoms with Gasteiger partial charge in [0, 0.05) is 11.5 Å². The normalized spacial score (nSPS) is 31.3. The van der Waals surface area contributed by atoms with E-state index in [9.17, 15) is 19.5 Å². The number of thioether (sulfide) groups is 2. The van der Waals surface area contributed by atoms with E-state index in [2.05, 4.69) is 22.4 Å². The number of amides is 2. The first-order valence-corrected chi connectivity index (χ1v) is 9.68. The molecule has 3 aliphatic rings. The Balaban J connectivity index is 1.72. The van der Waals surface area contributed by atoms with Crippen molar-refractivity contribution in [3.05, 3.63) is 23.9 Å². The summed E-state index contributed by atoms with van der Waals surface area (Å²) in [6.07, 6.45) is 1.41. The van der Waals surface area contributed by atoms with Crippen LogP contribution in [0, 0.1) is 0 Å². The Morgan fingerprint density at radius 2 is 2.19 bits per heavy atom. The monoisotopic (exact) mass is 399 g/mol. The van der Waals surface area contributed by atoms with Crippen LogP contribution in [0.1, 0.15) is 0 Å². The lowest BCUT2D eigenvalue weighted by Crippen LogP contribution is -2.71. The molecule has 3 rings (SSSR count). The average Bonchev–Trinajstić information content (AvgIpc) is 3.04. The lowest BCUT2D eigenvalue weighted by atomic mass is 10.0. The topological polar surface area (TPSA) is 157 Å². The molecule has 3 aliphatic heterocycles. The summed E-state index contributed by atoms with van der Waals surface area (Å²) >= 11 is 2.69. The Bertz CT molecular complexity index is 739. The Morgan fingerprint density at radius 1 is 1.46 bits per heavy atom. The third kappa shape index (κ3) is 3.09. The quantitative estimate of drug-likeness (QED) is 0.164. The van der Waals surface area contributed by atoms with Gasteiger partial charge in [0.25, 0.3) is 11.8 Å². The molecule has 140 valence electrons. The number of carbonyl (C=O) groups excluding carboxylic acids is 2. The fourth-order valence-electron chi connectivity index (χ4n) is 2.94. The Labute approximate surface area is 156 Å². The van der Waals surface area contributed by atoms with Crippen molar-refractivity contribution in [2.75, 3.05) is 11.5 Å². The van der Waals surface area contributed by atoms with Crippen molar-refractivity contribution in [3.8, 4) is 0 Å². The zero-order chi connectivity index (χ0) is 19.0. The number of carbonyl (C=O) groups is 3. The number of nitrogens with zero attached hydrogens (tertiary/aromatic N) is 2. The first kappa shape index (κ1) is 18.8. The van der Waals surface area contributed by atoms with Crippen LogP contribution in [0.25, 0.3) is 0 Å². The first-order valence-electron chi connectivity index (χ1n) is 7.58. The van der Waals surface area contributed by atoms with Crippen molar-refractivity contribution >= 4 is 47.0 Å². The standard InChI is InChI=1S/C14H17N5O5S2/c1-2-5-3-25-12-8(11(21)19(12)9(5)13(22)23)17-10(20)7(18-24)6-4-26-14(15)16-6/h2,6,8,12,14,16,24H,1,3-4,15H2,(H,17,20)(H,22,23)/b18-7-/t6?,8-,12-,14?/m1/s1. The Hall–Kier alpha value is -2.02. The lowest BCUT2D eigenvalue weighted by molar-refractivity contribution is -0.150. The second kappa shape index (κ2) is 7.31. The molecule has 0 radical (unpaired) electrons. The second-order valence-corrected chi connectivity index (χ2v) is 7.98. The molecule has 0 saturated carbocycles. The van der Waals surface area contributed by atoms with Crippen LogP contribution < -0.4 is 16.4 Å². The van der Waals surface area contributed by atoms with Crippen molar-refractivity contribution in [2.24, 2.45) is 10.9 Å². The third-order valence-electron chi connectivity index (χ3n) is 4.21. The van der Waals surface area contributed by atoms with Gasteiger partial charge < -0.3 is 21.4 Å². The number of β-lactam (4-membered cyclic amide) rings is 1. The van der Waals surface area contributed by atoms with E-state index in [4.69, 9.17) is 10.9 Å². The van der Waals surface area contributed by atoms with Gasteiger partial charge >= 0.3 is 5.97 Å². The molecular weight excluding hydrogens is 382 g/mol. The van der Waals surface area contributed by atoms with Crippen molar-refractivity contribution in [3.63, 3.8) is 0 Å². The van der Waals surface area contributed by atoms with Crippen LogP contribution in [0.15, 0.2) is 29.1 Å². The van der Waals surface area contributed by atoms with Gasteiger partial charge in [0.05, 0.1) is 6.04 Å². The van der Waals surface area contributed by atoms with E-state index < -0.39 is 35.2 Å². The van der Waals surface area contributed by atoms with Gasteiger partial charge in [-0.2, -0.15) is 0 Å². The van der Waals surface area contributed by atoms with Crippen molar-refractivity contribution in [1.82, 2.24) is 15.5 Å². The minimum atomic E-state index is -1.22. The summed E-state index contributed by atoms with van der Waals surface area (Å²) in [6, 6.07) is -1.43. The number of carboxylic acid groups (broad SMARTS) is 1. The van der Waals surface area contributed by atoms with E-state index in [1.54, 1.807) is 0 Å². The molecule has 0 aromatic heterocycles. The van der Waals surface area contributed by atoms with Crippen LogP contribution in [0.5, 0.6) is 0 Å². The maximum absolute atomic E-state index is 12.4. The molecule has 4 atom stereocenters. The van der Waals surface area contributed by atoms with Gasteiger partial charge in [0.1, 0.15) is 22.6 Å². The summed E-state index contributed by atoms with van der Waals surface area (Å²) in [7, 11) is 0. The summed E-state index contributed by atoms with van der Waals surface area (Å²) in [4.78, 5) is 37.4. The van der Waals surface area contributed by atoms with Gasteiger partial charge in [-0.1, -0.05) is 17.8 Å². The second-order valence-electron chi connectivity index (χ2n) is 5.70. The van der Waals surface area contributed by atoms with Crippen LogP contribution in [0.3, 0.4) is 0 Å². The van der Waals surface area contributed by atoms with Crippen molar-refractivity contribution in [1.29, 1.82) is 0 Å². The highest BCUT2D eigenvalue weighted by Gasteiger charge is 2.54. The molecule has 0 bridgehead atoms. The number of carboxylic acids is 1. The Kier molecular flexibility index (Phi) is 5.27. The number of allylic oxidation sites excluding steroid dienone is 1. The molecule has 0 aliphatic carbocycles. The SMILES string of the molecule is C=CC1=C(C(=O)O)N2C(=O)[C@@H](NC(=O)/C(=N\O)C3CSC(N)N3)[C@H]2SC1. The van der Waals surface area contributed by atoms with Gasteiger partial charge in [-0.3, -0.25) is 19.8 Å². The molecule has 12 heteroatoms. The van der Waals surface area contributed by atoms with E-state index in [-0.39, 0.29) is 16.9 Å². The van der Waals surface area contributed by atoms with E-state index in [1.165, 1.54) is 29.6 Å². The molecule has 2 fully saturated rings. The fraction of sp³-hybridized carbons (Fsp3) is 0.429. The first-order chi connectivity index (χ1) is 12.4. The summed E-state index contributed by atoms with van der Waals surface area (Å²) in [5.74, 6) is -1.64. The highest BCUT2D eigenvalue weighted by Crippen LogP contribution is 2.40. The highest BCUT2D eigenvalue weighted by atomic mass is 32.2. The van der Waals surface area contributed by atoms with Crippen LogP contribution in [0.4, 0.5) is 0 Å². The summed E-state index contributed by atoms with van der Waals surface area (Å²) in [5, 5.41) is 26.5. The molecule has 0 aromatic rings. The van der Waals surface area contributed by atoms with Crippen LogP contribution in [-0.4, -0.2) is 73.2 Å². The lowest BCUT2D eigenvalue weighted by Gasteiger charge is -2.49. The molecular formula is C14H17N5O5S2. The summed E-state index contributed by atoms with van der Waals surface area (Å²) < 4.78 is 0.